The van der Waals surface area contributed by atoms with Gasteiger partial charge in [-0.1, -0.05) is 12.1 Å². The Bertz CT molecular complexity index is 487. The smallest absolute Gasteiger partial charge is 0.263 e. The zero-order chi connectivity index (χ0) is 15.4. The van der Waals surface area contributed by atoms with Crippen LogP contribution in [-0.4, -0.2) is 40.7 Å². The average molecular weight is 291 g/mol. The molecule has 1 N–H and O–H groups in total. The van der Waals surface area contributed by atoms with Crippen LogP contribution >= 0.6 is 0 Å². The standard InChI is InChI=1S/C17H25NO3/c1-12-6-4-8-16(10-12)21-14(3)17(20)18-9-5-7-15(18)11-13(2)19/h4,6,8,10,13-15,19H,5,7,9,11H2,1-3H3. The Morgan fingerprint density at radius 2 is 2.24 bits per heavy atom. The lowest BCUT2D eigenvalue weighted by molar-refractivity contribution is -0.139. The van der Waals surface area contributed by atoms with E-state index in [0.29, 0.717) is 6.42 Å². The Balaban J connectivity index is 1.98. The number of aliphatic hydroxyl groups is 1. The van der Waals surface area contributed by atoms with Crippen molar-refractivity contribution in [1.29, 1.82) is 0 Å². The van der Waals surface area contributed by atoms with E-state index in [4.69, 9.17) is 4.74 Å². The quantitative estimate of drug-likeness (QED) is 0.907. The summed E-state index contributed by atoms with van der Waals surface area (Å²) >= 11 is 0. The van der Waals surface area contributed by atoms with Crippen LogP contribution in [0, 0.1) is 6.92 Å². The van der Waals surface area contributed by atoms with E-state index in [0.717, 1.165) is 30.7 Å². The van der Waals surface area contributed by atoms with Gasteiger partial charge in [0.05, 0.1) is 6.10 Å². The maximum atomic E-state index is 12.5. The summed E-state index contributed by atoms with van der Waals surface area (Å²) in [5, 5.41) is 9.55. The summed E-state index contributed by atoms with van der Waals surface area (Å²) in [5.74, 6) is 0.738. The van der Waals surface area contributed by atoms with Crippen molar-refractivity contribution in [3.63, 3.8) is 0 Å². The summed E-state index contributed by atoms with van der Waals surface area (Å²) in [6, 6.07) is 7.86. The van der Waals surface area contributed by atoms with Crippen LogP contribution in [0.15, 0.2) is 24.3 Å². The second kappa shape index (κ2) is 6.94. The normalized spacial score (nSPS) is 21.1. The van der Waals surface area contributed by atoms with Crippen molar-refractivity contribution in [1.82, 2.24) is 4.90 Å². The number of rotatable bonds is 5. The molecule has 0 bridgehead atoms. The van der Waals surface area contributed by atoms with E-state index in [1.54, 1.807) is 13.8 Å². The van der Waals surface area contributed by atoms with Crippen LogP contribution in [0.2, 0.25) is 0 Å². The third kappa shape index (κ3) is 4.21. The summed E-state index contributed by atoms with van der Waals surface area (Å²) in [7, 11) is 0. The Labute approximate surface area is 126 Å². The number of likely N-dealkylation sites (tertiary alicyclic amines) is 1. The van der Waals surface area contributed by atoms with Gasteiger partial charge in [0.2, 0.25) is 0 Å². The van der Waals surface area contributed by atoms with Crippen LogP contribution in [0.4, 0.5) is 0 Å². The molecule has 0 radical (unpaired) electrons. The lowest BCUT2D eigenvalue weighted by Crippen LogP contribution is -2.44. The molecule has 1 amide bonds. The molecule has 2 rings (SSSR count). The summed E-state index contributed by atoms with van der Waals surface area (Å²) in [6.07, 6.45) is 1.73. The molecule has 4 heteroatoms. The second-order valence-electron chi connectivity index (χ2n) is 5.99. The Morgan fingerprint density at radius 3 is 2.90 bits per heavy atom. The first-order valence-electron chi connectivity index (χ1n) is 7.69. The molecule has 1 aliphatic heterocycles. The molecule has 3 atom stereocenters. The zero-order valence-electron chi connectivity index (χ0n) is 13.1. The van der Waals surface area contributed by atoms with Gasteiger partial charge in [0.25, 0.3) is 5.91 Å². The van der Waals surface area contributed by atoms with Crippen LogP contribution in [0.3, 0.4) is 0 Å². The third-order valence-electron chi connectivity index (χ3n) is 3.92. The van der Waals surface area contributed by atoms with Gasteiger partial charge in [-0.05, 0) is 57.7 Å². The number of ether oxygens (including phenoxy) is 1. The molecule has 4 nitrogen and oxygen atoms in total. The number of hydrogen-bond donors (Lipinski definition) is 1. The van der Waals surface area contributed by atoms with Crippen LogP contribution in [0.1, 0.15) is 38.7 Å². The maximum Gasteiger partial charge on any atom is 0.263 e. The first kappa shape index (κ1) is 15.8. The van der Waals surface area contributed by atoms with Gasteiger partial charge in [0, 0.05) is 12.6 Å². The molecule has 0 spiro atoms. The van der Waals surface area contributed by atoms with Crippen molar-refractivity contribution in [2.75, 3.05) is 6.54 Å². The minimum atomic E-state index is -0.499. The Morgan fingerprint density at radius 1 is 1.48 bits per heavy atom. The number of benzene rings is 1. The van der Waals surface area contributed by atoms with E-state index < -0.39 is 6.10 Å². The minimum Gasteiger partial charge on any atom is -0.481 e. The predicted molar refractivity (Wildman–Crippen MR) is 82.3 cm³/mol. The number of amides is 1. The van der Waals surface area contributed by atoms with Gasteiger partial charge in [-0.3, -0.25) is 4.79 Å². The van der Waals surface area contributed by atoms with Gasteiger partial charge in [0.1, 0.15) is 5.75 Å². The van der Waals surface area contributed by atoms with Crippen LogP contribution < -0.4 is 4.74 Å². The summed E-state index contributed by atoms with van der Waals surface area (Å²) in [6.45, 7) is 6.33. The van der Waals surface area contributed by atoms with Crippen molar-refractivity contribution in [3.05, 3.63) is 29.8 Å². The summed E-state index contributed by atoms with van der Waals surface area (Å²) in [5.41, 5.74) is 1.11. The van der Waals surface area contributed by atoms with E-state index in [9.17, 15) is 9.90 Å². The SMILES string of the molecule is Cc1cccc(OC(C)C(=O)N2CCCC2CC(C)O)c1. The van der Waals surface area contributed by atoms with Gasteiger partial charge >= 0.3 is 0 Å². The van der Waals surface area contributed by atoms with Crippen molar-refractivity contribution < 1.29 is 14.6 Å². The highest BCUT2D eigenvalue weighted by Gasteiger charge is 2.32. The van der Waals surface area contributed by atoms with Crippen molar-refractivity contribution >= 4 is 5.91 Å². The first-order chi connectivity index (χ1) is 9.97. The van der Waals surface area contributed by atoms with Crippen molar-refractivity contribution in [2.45, 2.75) is 58.3 Å². The molecular formula is C17H25NO3. The molecule has 1 saturated heterocycles. The monoisotopic (exact) mass is 291 g/mol. The third-order valence-corrected chi connectivity index (χ3v) is 3.92. The number of carbonyl (C=O) groups is 1. The van der Waals surface area contributed by atoms with Crippen molar-refractivity contribution in [3.8, 4) is 5.75 Å². The zero-order valence-corrected chi connectivity index (χ0v) is 13.1. The number of aliphatic hydroxyl groups excluding tert-OH is 1. The van der Waals surface area contributed by atoms with Crippen LogP contribution in [-0.2, 0) is 4.79 Å². The molecule has 0 aliphatic carbocycles. The lowest BCUT2D eigenvalue weighted by Gasteiger charge is -2.28. The molecular weight excluding hydrogens is 266 g/mol. The van der Waals surface area contributed by atoms with E-state index in [1.165, 1.54) is 0 Å². The highest BCUT2D eigenvalue weighted by Crippen LogP contribution is 2.23. The molecule has 1 aromatic rings. The van der Waals surface area contributed by atoms with Gasteiger partial charge < -0.3 is 14.7 Å². The molecule has 1 fully saturated rings. The van der Waals surface area contributed by atoms with Crippen LogP contribution in [0.5, 0.6) is 5.75 Å². The molecule has 3 unspecified atom stereocenters. The Kier molecular flexibility index (Phi) is 5.23. The Hall–Kier alpha value is -1.55. The van der Waals surface area contributed by atoms with E-state index in [-0.39, 0.29) is 18.1 Å². The van der Waals surface area contributed by atoms with Gasteiger partial charge in [-0.15, -0.1) is 0 Å². The van der Waals surface area contributed by atoms with Gasteiger partial charge in [-0.2, -0.15) is 0 Å². The fraction of sp³-hybridized carbons (Fsp3) is 0.588. The highest BCUT2D eigenvalue weighted by molar-refractivity contribution is 5.81. The molecule has 0 aromatic heterocycles. The topological polar surface area (TPSA) is 49.8 Å². The highest BCUT2D eigenvalue weighted by atomic mass is 16.5. The molecule has 1 heterocycles. The molecule has 0 saturated carbocycles. The van der Waals surface area contributed by atoms with E-state index in [1.807, 2.05) is 36.1 Å². The fourth-order valence-electron chi connectivity index (χ4n) is 2.94. The number of hydrogen-bond acceptors (Lipinski definition) is 3. The number of nitrogens with zero attached hydrogens (tertiary/aromatic N) is 1. The molecule has 1 aromatic carbocycles. The number of aryl methyl sites for hydroxylation is 1. The maximum absolute atomic E-state index is 12.5. The summed E-state index contributed by atoms with van der Waals surface area (Å²) < 4.78 is 5.77. The largest absolute Gasteiger partial charge is 0.481 e. The molecule has 116 valence electrons. The second-order valence-corrected chi connectivity index (χ2v) is 5.99. The van der Waals surface area contributed by atoms with Gasteiger partial charge in [0.15, 0.2) is 6.10 Å². The fourth-order valence-corrected chi connectivity index (χ4v) is 2.94. The number of carbonyl (C=O) groups excluding carboxylic acids is 1. The lowest BCUT2D eigenvalue weighted by atomic mass is 10.1. The average Bonchev–Trinajstić information content (AvgIpc) is 2.85. The first-order valence-corrected chi connectivity index (χ1v) is 7.69. The van der Waals surface area contributed by atoms with E-state index in [2.05, 4.69) is 0 Å². The minimum absolute atomic E-state index is 0.0136. The predicted octanol–water partition coefficient (Wildman–Crippen LogP) is 2.52. The summed E-state index contributed by atoms with van der Waals surface area (Å²) in [4.78, 5) is 14.4. The van der Waals surface area contributed by atoms with E-state index >= 15 is 0 Å². The molecule has 1 aliphatic rings. The van der Waals surface area contributed by atoms with Crippen LogP contribution in [0.25, 0.3) is 0 Å². The molecule has 21 heavy (non-hydrogen) atoms. The van der Waals surface area contributed by atoms with Gasteiger partial charge in [-0.25, -0.2) is 0 Å². The van der Waals surface area contributed by atoms with Crippen molar-refractivity contribution in [2.24, 2.45) is 0 Å².